The molecule has 2 aliphatic heterocycles. The van der Waals surface area contributed by atoms with Gasteiger partial charge in [0.05, 0.1) is 30.5 Å². The number of hydrogen-bond acceptors (Lipinski definition) is 4. The molecule has 162 valence electrons. The highest BCUT2D eigenvalue weighted by Gasteiger charge is 2.46. The van der Waals surface area contributed by atoms with Crippen LogP contribution in [0.15, 0.2) is 29.5 Å². The number of amides is 4. The van der Waals surface area contributed by atoms with Crippen molar-refractivity contribution in [3.8, 4) is 0 Å². The summed E-state index contributed by atoms with van der Waals surface area (Å²) in [5, 5.41) is 6.41. The van der Waals surface area contributed by atoms with Crippen LogP contribution >= 0.6 is 23.2 Å². The van der Waals surface area contributed by atoms with Crippen molar-refractivity contribution >= 4 is 41.0 Å². The van der Waals surface area contributed by atoms with Crippen molar-refractivity contribution in [1.82, 2.24) is 20.4 Å². The third-order valence-electron chi connectivity index (χ3n) is 5.29. The zero-order chi connectivity index (χ0) is 22.0. The summed E-state index contributed by atoms with van der Waals surface area (Å²) in [5.41, 5.74) is 1.57. The Labute approximate surface area is 185 Å². The van der Waals surface area contributed by atoms with E-state index in [4.69, 9.17) is 27.9 Å². The van der Waals surface area contributed by atoms with Crippen LogP contribution in [0.3, 0.4) is 0 Å². The number of nitrogens with zero attached hydrogens (tertiary/aromatic N) is 2. The average molecular weight is 455 g/mol. The summed E-state index contributed by atoms with van der Waals surface area (Å²) < 4.78 is 4.94. The summed E-state index contributed by atoms with van der Waals surface area (Å²) in [6, 6.07) is 3.17. The van der Waals surface area contributed by atoms with E-state index < -0.39 is 12.1 Å². The van der Waals surface area contributed by atoms with Crippen LogP contribution in [0.1, 0.15) is 25.5 Å². The summed E-state index contributed by atoms with van der Waals surface area (Å²) in [5.74, 6) is -0.600. The average Bonchev–Trinajstić information content (AvgIpc) is 3.04. The number of rotatable bonds is 7. The third-order valence-corrected chi connectivity index (χ3v) is 5.85. The number of benzene rings is 1. The predicted octanol–water partition coefficient (Wildman–Crippen LogP) is 2.33. The Morgan fingerprint density at radius 1 is 1.37 bits per heavy atom. The van der Waals surface area contributed by atoms with Gasteiger partial charge >= 0.3 is 6.03 Å². The van der Waals surface area contributed by atoms with Gasteiger partial charge in [-0.25, -0.2) is 4.79 Å². The van der Waals surface area contributed by atoms with E-state index in [9.17, 15) is 14.4 Å². The Bertz CT molecular complexity index is 905. The quantitative estimate of drug-likeness (QED) is 0.618. The Hall–Kier alpha value is -2.29. The molecule has 0 saturated heterocycles. The van der Waals surface area contributed by atoms with E-state index in [1.54, 1.807) is 32.2 Å². The molecule has 1 aromatic rings. The molecule has 10 heteroatoms. The van der Waals surface area contributed by atoms with Gasteiger partial charge in [-0.05, 0) is 31.5 Å². The number of likely N-dealkylation sites (N-methyl/N-ethyl adjacent to an activating group) is 1. The molecule has 0 aliphatic carbocycles. The molecule has 0 aromatic heterocycles. The number of carbonyl (C=O) groups is 3. The van der Waals surface area contributed by atoms with Crippen molar-refractivity contribution in [2.75, 3.05) is 33.4 Å². The minimum Gasteiger partial charge on any atom is -0.383 e. The summed E-state index contributed by atoms with van der Waals surface area (Å²) >= 11 is 12.4. The number of ether oxygens (including phenoxy) is 1. The van der Waals surface area contributed by atoms with Crippen molar-refractivity contribution in [3.63, 3.8) is 0 Å². The highest BCUT2D eigenvalue weighted by Crippen LogP contribution is 2.39. The van der Waals surface area contributed by atoms with Crippen molar-refractivity contribution in [3.05, 3.63) is 45.1 Å². The molecule has 0 saturated carbocycles. The first-order chi connectivity index (χ1) is 14.3. The largest absolute Gasteiger partial charge is 0.383 e. The number of urea groups is 1. The lowest BCUT2D eigenvalue weighted by molar-refractivity contribution is -0.135. The van der Waals surface area contributed by atoms with Gasteiger partial charge in [0.25, 0.3) is 5.91 Å². The van der Waals surface area contributed by atoms with Gasteiger partial charge in [0.2, 0.25) is 5.91 Å². The second-order valence-electron chi connectivity index (χ2n) is 7.05. The molecule has 0 bridgehead atoms. The fourth-order valence-electron chi connectivity index (χ4n) is 3.70. The number of carbonyl (C=O) groups excluding carboxylic acids is 3. The first-order valence-electron chi connectivity index (χ1n) is 9.63. The summed E-state index contributed by atoms with van der Waals surface area (Å²) in [6.07, 6.45) is 0. The molecular weight excluding hydrogens is 431 g/mol. The maximum absolute atomic E-state index is 13.4. The SMILES string of the molecule is CCN1C(=O)N[C@@H](c2ccc(Cl)cc2Cl)C2=C1CN([C@@H](C)C(=O)NCCOC)C2=O. The lowest BCUT2D eigenvalue weighted by atomic mass is 9.95. The van der Waals surface area contributed by atoms with E-state index in [-0.39, 0.29) is 24.4 Å². The van der Waals surface area contributed by atoms with Crippen LogP contribution in [-0.4, -0.2) is 67.0 Å². The van der Waals surface area contributed by atoms with Gasteiger partial charge in [-0.15, -0.1) is 0 Å². The summed E-state index contributed by atoms with van der Waals surface area (Å²) in [7, 11) is 1.54. The number of halogens is 2. The third kappa shape index (κ3) is 4.12. The summed E-state index contributed by atoms with van der Waals surface area (Å²) in [4.78, 5) is 41.6. The normalized spacial score (nSPS) is 19.7. The van der Waals surface area contributed by atoms with E-state index in [1.807, 2.05) is 6.92 Å². The van der Waals surface area contributed by atoms with E-state index >= 15 is 0 Å². The highest BCUT2D eigenvalue weighted by molar-refractivity contribution is 6.35. The van der Waals surface area contributed by atoms with E-state index in [2.05, 4.69) is 10.6 Å². The lowest BCUT2D eigenvalue weighted by Gasteiger charge is -2.33. The second kappa shape index (κ2) is 9.24. The zero-order valence-corrected chi connectivity index (χ0v) is 18.5. The molecule has 2 atom stereocenters. The topological polar surface area (TPSA) is 91.0 Å². The highest BCUT2D eigenvalue weighted by atomic mass is 35.5. The molecule has 0 fully saturated rings. The fraction of sp³-hybridized carbons (Fsp3) is 0.450. The monoisotopic (exact) mass is 454 g/mol. The van der Waals surface area contributed by atoms with Crippen molar-refractivity contribution in [2.45, 2.75) is 25.9 Å². The Kier molecular flexibility index (Phi) is 6.90. The second-order valence-corrected chi connectivity index (χ2v) is 7.89. The molecule has 4 amide bonds. The number of hydrogen-bond donors (Lipinski definition) is 2. The van der Waals surface area contributed by atoms with Gasteiger partial charge in [0, 0.05) is 30.2 Å². The molecule has 2 aliphatic rings. The summed E-state index contributed by atoms with van der Waals surface area (Å²) in [6.45, 7) is 4.76. The first-order valence-corrected chi connectivity index (χ1v) is 10.4. The van der Waals surface area contributed by atoms with Gasteiger partial charge in [-0.2, -0.15) is 0 Å². The van der Waals surface area contributed by atoms with Crippen LogP contribution in [0, 0.1) is 0 Å². The maximum Gasteiger partial charge on any atom is 0.322 e. The number of nitrogens with one attached hydrogen (secondary N) is 2. The Morgan fingerprint density at radius 3 is 2.73 bits per heavy atom. The van der Waals surface area contributed by atoms with Gasteiger partial charge in [-0.1, -0.05) is 29.3 Å². The molecule has 0 radical (unpaired) electrons. The predicted molar refractivity (Wildman–Crippen MR) is 113 cm³/mol. The molecule has 0 spiro atoms. The molecule has 3 rings (SSSR count). The molecule has 0 unspecified atom stereocenters. The van der Waals surface area contributed by atoms with Gasteiger partial charge in [0.1, 0.15) is 6.04 Å². The van der Waals surface area contributed by atoms with Crippen molar-refractivity contribution in [2.24, 2.45) is 0 Å². The zero-order valence-electron chi connectivity index (χ0n) is 17.0. The molecule has 30 heavy (non-hydrogen) atoms. The maximum atomic E-state index is 13.4. The van der Waals surface area contributed by atoms with Crippen molar-refractivity contribution < 1.29 is 19.1 Å². The van der Waals surface area contributed by atoms with Crippen LogP contribution in [-0.2, 0) is 14.3 Å². The van der Waals surface area contributed by atoms with Crippen molar-refractivity contribution in [1.29, 1.82) is 0 Å². The Morgan fingerprint density at radius 2 is 2.10 bits per heavy atom. The Balaban J connectivity index is 1.93. The minimum absolute atomic E-state index is 0.163. The molecule has 8 nitrogen and oxygen atoms in total. The van der Waals surface area contributed by atoms with Gasteiger partial charge in [-0.3, -0.25) is 14.5 Å². The lowest BCUT2D eigenvalue weighted by Crippen LogP contribution is -2.47. The fourth-order valence-corrected chi connectivity index (χ4v) is 4.21. The first kappa shape index (κ1) is 22.4. The van der Waals surface area contributed by atoms with E-state index in [1.165, 1.54) is 9.80 Å². The molecule has 2 N–H and O–H groups in total. The van der Waals surface area contributed by atoms with Crippen LogP contribution in [0.5, 0.6) is 0 Å². The van der Waals surface area contributed by atoms with E-state index in [0.717, 1.165) is 0 Å². The minimum atomic E-state index is -0.721. The van der Waals surface area contributed by atoms with Crippen LogP contribution in [0.4, 0.5) is 4.79 Å². The van der Waals surface area contributed by atoms with Gasteiger partial charge in [0.15, 0.2) is 0 Å². The van der Waals surface area contributed by atoms with E-state index in [0.29, 0.717) is 46.6 Å². The molecular formula is C20H24Cl2N4O4. The molecule has 1 aromatic carbocycles. The molecule has 2 heterocycles. The van der Waals surface area contributed by atoms with Crippen LogP contribution in [0.2, 0.25) is 10.0 Å². The standard InChI is InChI=1S/C20H24Cl2N4O4/c1-4-25-15-10-26(11(2)18(27)23-7-8-30-3)19(28)16(15)17(24-20(25)29)13-6-5-12(21)9-14(13)22/h5-6,9,11,17H,4,7-8,10H2,1-3H3,(H,23,27)(H,24,29)/t11-,17-/m0/s1. The number of methoxy groups -OCH3 is 1. The van der Waals surface area contributed by atoms with Gasteiger partial charge < -0.3 is 20.3 Å². The van der Waals surface area contributed by atoms with Crippen LogP contribution < -0.4 is 10.6 Å². The smallest absolute Gasteiger partial charge is 0.322 e. The van der Waals surface area contributed by atoms with Crippen LogP contribution in [0.25, 0.3) is 0 Å².